The Morgan fingerprint density at radius 1 is 1.57 bits per heavy atom. The van der Waals surface area contributed by atoms with Crippen LogP contribution in [-0.4, -0.2) is 31.7 Å². The van der Waals surface area contributed by atoms with Gasteiger partial charge >= 0.3 is 0 Å². The minimum atomic E-state index is -3.65. The fourth-order valence-corrected chi connectivity index (χ4v) is 1.99. The van der Waals surface area contributed by atoms with Crippen molar-refractivity contribution in [2.45, 2.75) is 4.90 Å². The molecule has 0 saturated carbocycles. The van der Waals surface area contributed by atoms with Gasteiger partial charge in [-0.25, -0.2) is 18.1 Å². The van der Waals surface area contributed by atoms with Gasteiger partial charge in [0.2, 0.25) is 10.0 Å². The van der Waals surface area contributed by atoms with Crippen LogP contribution in [0.2, 0.25) is 0 Å². The summed E-state index contributed by atoms with van der Waals surface area (Å²) < 4.78 is 25.1. The van der Waals surface area contributed by atoms with Crippen LogP contribution >= 0.6 is 0 Å². The van der Waals surface area contributed by atoms with Crippen molar-refractivity contribution in [1.82, 2.24) is 9.71 Å². The number of hydrogen-bond acceptors (Lipinski definition) is 5. The predicted molar refractivity (Wildman–Crippen MR) is 50.9 cm³/mol. The highest BCUT2D eigenvalue weighted by Gasteiger charge is 2.16. The number of anilines is 1. The first-order valence-corrected chi connectivity index (χ1v) is 5.37. The summed E-state index contributed by atoms with van der Waals surface area (Å²) in [5, 5.41) is 8.47. The summed E-state index contributed by atoms with van der Waals surface area (Å²) in [7, 11) is -3.65. The summed E-state index contributed by atoms with van der Waals surface area (Å²) in [5.74, 6) is -0.0575. The second-order valence-corrected chi connectivity index (χ2v) is 4.24. The molecule has 1 aromatic heterocycles. The lowest BCUT2D eigenvalue weighted by atomic mass is 10.5. The van der Waals surface area contributed by atoms with Crippen molar-refractivity contribution in [3.05, 3.63) is 18.3 Å². The quantitative estimate of drug-likeness (QED) is 0.596. The van der Waals surface area contributed by atoms with Gasteiger partial charge in [0.15, 0.2) is 0 Å². The molecule has 0 fully saturated rings. The molecule has 0 unspecified atom stereocenters. The number of rotatable bonds is 4. The number of aliphatic hydroxyl groups is 1. The second-order valence-electron chi connectivity index (χ2n) is 2.51. The van der Waals surface area contributed by atoms with Crippen LogP contribution in [0.5, 0.6) is 0 Å². The largest absolute Gasteiger partial charge is 0.395 e. The Kier molecular flexibility index (Phi) is 3.39. The molecule has 6 nitrogen and oxygen atoms in total. The fourth-order valence-electron chi connectivity index (χ4n) is 0.888. The molecule has 0 spiro atoms. The maximum atomic E-state index is 11.5. The molecular formula is C7H11N3O3S. The Morgan fingerprint density at radius 3 is 2.86 bits per heavy atom. The van der Waals surface area contributed by atoms with Gasteiger partial charge < -0.3 is 10.8 Å². The number of nitrogens with one attached hydrogen (secondary N) is 1. The standard InChI is InChI=1S/C7H11N3O3S/c8-7-6(2-1-3-9-7)14(12,13)10-4-5-11/h1-3,10-11H,4-5H2,(H2,8,9). The molecule has 0 atom stereocenters. The highest BCUT2D eigenvalue weighted by Crippen LogP contribution is 2.13. The lowest BCUT2D eigenvalue weighted by Crippen LogP contribution is -2.27. The van der Waals surface area contributed by atoms with Crippen LogP contribution in [-0.2, 0) is 10.0 Å². The van der Waals surface area contributed by atoms with E-state index in [2.05, 4.69) is 9.71 Å². The molecule has 1 rings (SSSR count). The molecule has 0 aromatic carbocycles. The average Bonchev–Trinajstić information content (AvgIpc) is 2.15. The molecule has 1 heterocycles. The van der Waals surface area contributed by atoms with Gasteiger partial charge in [-0.05, 0) is 12.1 Å². The van der Waals surface area contributed by atoms with Gasteiger partial charge in [-0.1, -0.05) is 0 Å². The maximum absolute atomic E-state index is 11.5. The fraction of sp³-hybridized carbons (Fsp3) is 0.286. The number of pyridine rings is 1. The number of aliphatic hydroxyl groups excluding tert-OH is 1. The molecule has 7 heteroatoms. The minimum absolute atomic E-state index is 0.0450. The molecule has 0 saturated heterocycles. The van der Waals surface area contributed by atoms with Crippen molar-refractivity contribution in [3.63, 3.8) is 0 Å². The summed E-state index contributed by atoms with van der Waals surface area (Å²) in [6.45, 7) is -0.309. The van der Waals surface area contributed by atoms with E-state index in [-0.39, 0.29) is 23.9 Å². The smallest absolute Gasteiger partial charge is 0.244 e. The van der Waals surface area contributed by atoms with Crippen LogP contribution in [0.3, 0.4) is 0 Å². The molecule has 0 aliphatic heterocycles. The second kappa shape index (κ2) is 4.36. The molecular weight excluding hydrogens is 206 g/mol. The van der Waals surface area contributed by atoms with Gasteiger partial charge in [0.25, 0.3) is 0 Å². The monoisotopic (exact) mass is 217 g/mol. The summed E-state index contributed by atoms with van der Waals surface area (Å²) in [5.41, 5.74) is 5.39. The molecule has 0 radical (unpaired) electrons. The van der Waals surface area contributed by atoms with Crippen molar-refractivity contribution in [3.8, 4) is 0 Å². The normalized spacial score (nSPS) is 11.5. The summed E-state index contributed by atoms with van der Waals surface area (Å²) >= 11 is 0. The number of nitrogens with zero attached hydrogens (tertiary/aromatic N) is 1. The topological polar surface area (TPSA) is 105 Å². The third kappa shape index (κ3) is 2.41. The van der Waals surface area contributed by atoms with Crippen LogP contribution < -0.4 is 10.5 Å². The first-order chi connectivity index (χ1) is 6.58. The Bertz CT molecular complexity index is 404. The van der Waals surface area contributed by atoms with Crippen molar-refractivity contribution in [2.24, 2.45) is 0 Å². The third-order valence-electron chi connectivity index (χ3n) is 1.49. The Labute approximate surface area is 81.8 Å². The van der Waals surface area contributed by atoms with Gasteiger partial charge in [-0.2, -0.15) is 0 Å². The van der Waals surface area contributed by atoms with Gasteiger partial charge in [-0.15, -0.1) is 0 Å². The first-order valence-electron chi connectivity index (χ1n) is 3.89. The van der Waals surface area contributed by atoms with Crippen LogP contribution in [0.25, 0.3) is 0 Å². The summed E-state index contributed by atoms with van der Waals surface area (Å²) in [6, 6.07) is 2.83. The van der Waals surface area contributed by atoms with Gasteiger partial charge in [0.1, 0.15) is 10.7 Å². The van der Waals surface area contributed by atoms with Crippen LogP contribution in [0.15, 0.2) is 23.2 Å². The zero-order valence-electron chi connectivity index (χ0n) is 7.34. The van der Waals surface area contributed by atoms with E-state index in [1.54, 1.807) is 0 Å². The zero-order chi connectivity index (χ0) is 10.6. The van der Waals surface area contributed by atoms with Crippen molar-refractivity contribution >= 4 is 15.8 Å². The molecule has 78 valence electrons. The Balaban J connectivity index is 2.99. The minimum Gasteiger partial charge on any atom is -0.395 e. The lowest BCUT2D eigenvalue weighted by molar-refractivity contribution is 0.301. The lowest BCUT2D eigenvalue weighted by Gasteiger charge is -2.06. The summed E-state index contributed by atoms with van der Waals surface area (Å²) in [4.78, 5) is 3.57. The maximum Gasteiger partial charge on any atom is 0.244 e. The van der Waals surface area contributed by atoms with E-state index in [0.29, 0.717) is 0 Å². The predicted octanol–water partition coefficient (Wildman–Crippen LogP) is -1.07. The van der Waals surface area contributed by atoms with Gasteiger partial charge in [-0.3, -0.25) is 0 Å². The highest BCUT2D eigenvalue weighted by atomic mass is 32.2. The molecule has 4 N–H and O–H groups in total. The number of aromatic nitrogens is 1. The molecule has 0 aliphatic rings. The number of hydrogen-bond donors (Lipinski definition) is 3. The van der Waals surface area contributed by atoms with E-state index < -0.39 is 10.0 Å². The average molecular weight is 217 g/mol. The number of sulfonamides is 1. The molecule has 0 bridgehead atoms. The Morgan fingerprint density at radius 2 is 2.29 bits per heavy atom. The van der Waals surface area contributed by atoms with Crippen LogP contribution in [0.4, 0.5) is 5.82 Å². The third-order valence-corrected chi connectivity index (χ3v) is 3.00. The van der Waals surface area contributed by atoms with E-state index in [1.165, 1.54) is 18.3 Å². The summed E-state index contributed by atoms with van der Waals surface area (Å²) in [6.07, 6.45) is 1.40. The van der Waals surface area contributed by atoms with E-state index in [1.807, 2.05) is 0 Å². The molecule has 0 amide bonds. The zero-order valence-corrected chi connectivity index (χ0v) is 8.16. The molecule has 1 aromatic rings. The highest BCUT2D eigenvalue weighted by molar-refractivity contribution is 7.89. The van der Waals surface area contributed by atoms with Crippen molar-refractivity contribution < 1.29 is 13.5 Å². The van der Waals surface area contributed by atoms with E-state index in [9.17, 15) is 8.42 Å². The van der Waals surface area contributed by atoms with E-state index in [0.717, 1.165) is 0 Å². The van der Waals surface area contributed by atoms with Gasteiger partial charge in [0, 0.05) is 12.7 Å². The van der Waals surface area contributed by atoms with E-state index in [4.69, 9.17) is 10.8 Å². The van der Waals surface area contributed by atoms with Crippen molar-refractivity contribution in [1.29, 1.82) is 0 Å². The van der Waals surface area contributed by atoms with Crippen LogP contribution in [0, 0.1) is 0 Å². The van der Waals surface area contributed by atoms with E-state index >= 15 is 0 Å². The number of nitrogens with two attached hydrogens (primary N) is 1. The molecule has 14 heavy (non-hydrogen) atoms. The van der Waals surface area contributed by atoms with Gasteiger partial charge in [0.05, 0.1) is 6.61 Å². The van der Waals surface area contributed by atoms with Crippen molar-refractivity contribution in [2.75, 3.05) is 18.9 Å². The number of nitrogen functional groups attached to an aromatic ring is 1. The first kappa shape index (κ1) is 10.9. The SMILES string of the molecule is Nc1ncccc1S(=O)(=O)NCCO. The molecule has 0 aliphatic carbocycles. The Hall–Kier alpha value is -1.18. The van der Waals surface area contributed by atoms with Crippen LogP contribution in [0.1, 0.15) is 0 Å².